The number of furan rings is 1. The molecule has 0 aliphatic carbocycles. The van der Waals surface area contributed by atoms with Crippen LogP contribution in [0.4, 0.5) is 4.39 Å². The summed E-state index contributed by atoms with van der Waals surface area (Å²) in [4.78, 5) is 14.7. The number of carbonyl (C=O) groups excluding carboxylic acids is 1. The van der Waals surface area contributed by atoms with Gasteiger partial charge in [0.1, 0.15) is 11.6 Å². The average molecular weight is 365 g/mol. The van der Waals surface area contributed by atoms with E-state index in [1.165, 1.54) is 6.07 Å². The van der Waals surface area contributed by atoms with E-state index in [1.807, 2.05) is 30.3 Å². The molecular weight excluding hydrogens is 341 g/mol. The van der Waals surface area contributed by atoms with Gasteiger partial charge in [-0.15, -0.1) is 0 Å². The number of amides is 1. The maximum Gasteiger partial charge on any atom is 0.254 e. The molecule has 0 unspecified atom stereocenters. The summed E-state index contributed by atoms with van der Waals surface area (Å²) in [7, 11) is 0. The molecule has 0 N–H and O–H groups in total. The van der Waals surface area contributed by atoms with Crippen LogP contribution in [0.1, 0.15) is 48.0 Å². The maximum atomic E-state index is 14.1. The van der Waals surface area contributed by atoms with E-state index >= 15 is 0 Å². The zero-order valence-corrected chi connectivity index (χ0v) is 15.9. The molecule has 27 heavy (non-hydrogen) atoms. The Balaban J connectivity index is 1.87. The minimum Gasteiger partial charge on any atom is -0.467 e. The third kappa shape index (κ3) is 4.64. The minimum absolute atomic E-state index is 0.0165. The van der Waals surface area contributed by atoms with E-state index in [-0.39, 0.29) is 30.2 Å². The second-order valence-electron chi connectivity index (χ2n) is 7.66. The highest BCUT2D eigenvalue weighted by molar-refractivity contribution is 5.94. The Morgan fingerprint density at radius 1 is 0.963 bits per heavy atom. The molecule has 0 aliphatic rings. The third-order valence-corrected chi connectivity index (χ3v) is 4.53. The first kappa shape index (κ1) is 18.9. The number of benzene rings is 2. The number of hydrogen-bond donors (Lipinski definition) is 0. The normalized spacial score (nSPS) is 11.4. The monoisotopic (exact) mass is 365 g/mol. The SMILES string of the molecule is CC(C)(C)c1ccc(C(=O)N(Cc2ccco2)Cc2ccccc2F)cc1. The summed E-state index contributed by atoms with van der Waals surface area (Å²) >= 11 is 0. The average Bonchev–Trinajstić information content (AvgIpc) is 3.15. The standard InChI is InChI=1S/C23H24FNO2/c1-23(2,3)19-12-10-17(11-13-19)22(26)25(16-20-8-6-14-27-20)15-18-7-4-5-9-21(18)24/h4-14H,15-16H2,1-3H3. The van der Waals surface area contributed by atoms with Crippen molar-refractivity contribution in [2.45, 2.75) is 39.3 Å². The van der Waals surface area contributed by atoms with E-state index in [0.29, 0.717) is 16.9 Å². The molecule has 0 radical (unpaired) electrons. The van der Waals surface area contributed by atoms with Crippen LogP contribution in [0.3, 0.4) is 0 Å². The van der Waals surface area contributed by atoms with Crippen molar-refractivity contribution < 1.29 is 13.6 Å². The molecule has 0 saturated carbocycles. The van der Waals surface area contributed by atoms with Gasteiger partial charge in [0.15, 0.2) is 0 Å². The van der Waals surface area contributed by atoms with E-state index in [4.69, 9.17) is 4.42 Å². The van der Waals surface area contributed by atoms with Crippen LogP contribution < -0.4 is 0 Å². The Morgan fingerprint density at radius 2 is 1.67 bits per heavy atom. The van der Waals surface area contributed by atoms with Gasteiger partial charge in [0, 0.05) is 17.7 Å². The molecule has 3 aromatic rings. The van der Waals surface area contributed by atoms with Gasteiger partial charge >= 0.3 is 0 Å². The van der Waals surface area contributed by atoms with Crippen molar-refractivity contribution in [2.24, 2.45) is 0 Å². The smallest absolute Gasteiger partial charge is 0.254 e. The molecule has 0 aliphatic heterocycles. The van der Waals surface area contributed by atoms with Crippen LogP contribution >= 0.6 is 0 Å². The lowest BCUT2D eigenvalue weighted by Crippen LogP contribution is -2.30. The maximum absolute atomic E-state index is 14.1. The van der Waals surface area contributed by atoms with E-state index in [0.717, 1.165) is 5.56 Å². The van der Waals surface area contributed by atoms with Gasteiger partial charge in [-0.25, -0.2) is 4.39 Å². The molecule has 1 heterocycles. The van der Waals surface area contributed by atoms with Crippen LogP contribution in [0.2, 0.25) is 0 Å². The lowest BCUT2D eigenvalue weighted by atomic mass is 9.86. The molecule has 0 saturated heterocycles. The molecule has 3 nitrogen and oxygen atoms in total. The zero-order valence-electron chi connectivity index (χ0n) is 15.9. The predicted molar refractivity (Wildman–Crippen MR) is 104 cm³/mol. The highest BCUT2D eigenvalue weighted by Gasteiger charge is 2.20. The highest BCUT2D eigenvalue weighted by atomic mass is 19.1. The topological polar surface area (TPSA) is 33.5 Å². The molecule has 1 amide bonds. The summed E-state index contributed by atoms with van der Waals surface area (Å²) in [5, 5.41) is 0. The van der Waals surface area contributed by atoms with Gasteiger partial charge in [-0.2, -0.15) is 0 Å². The third-order valence-electron chi connectivity index (χ3n) is 4.53. The fourth-order valence-corrected chi connectivity index (χ4v) is 2.92. The fraction of sp³-hybridized carbons (Fsp3) is 0.261. The van der Waals surface area contributed by atoms with Gasteiger partial charge in [0.25, 0.3) is 5.91 Å². The first-order valence-electron chi connectivity index (χ1n) is 9.00. The van der Waals surface area contributed by atoms with Crippen molar-refractivity contribution in [1.29, 1.82) is 0 Å². The summed E-state index contributed by atoms with van der Waals surface area (Å²) in [5.41, 5.74) is 2.23. The number of rotatable bonds is 5. The first-order chi connectivity index (χ1) is 12.8. The van der Waals surface area contributed by atoms with Gasteiger partial charge in [-0.1, -0.05) is 51.1 Å². The molecule has 0 bridgehead atoms. The van der Waals surface area contributed by atoms with Crippen molar-refractivity contribution in [2.75, 3.05) is 0 Å². The number of nitrogens with zero attached hydrogens (tertiary/aromatic N) is 1. The summed E-state index contributed by atoms with van der Waals surface area (Å²) < 4.78 is 19.5. The fourth-order valence-electron chi connectivity index (χ4n) is 2.92. The predicted octanol–water partition coefficient (Wildman–Crippen LogP) is 5.56. The zero-order chi connectivity index (χ0) is 19.4. The van der Waals surface area contributed by atoms with Crippen molar-refractivity contribution >= 4 is 5.91 Å². The van der Waals surface area contributed by atoms with Gasteiger partial charge in [-0.3, -0.25) is 4.79 Å². The van der Waals surface area contributed by atoms with Crippen LogP contribution in [0, 0.1) is 5.82 Å². The van der Waals surface area contributed by atoms with Gasteiger partial charge in [0.05, 0.1) is 12.8 Å². The molecule has 0 spiro atoms. The lowest BCUT2D eigenvalue weighted by Gasteiger charge is -2.23. The van der Waals surface area contributed by atoms with Crippen LogP contribution in [0.15, 0.2) is 71.3 Å². The quantitative estimate of drug-likeness (QED) is 0.593. The Hall–Kier alpha value is -2.88. The summed E-state index contributed by atoms with van der Waals surface area (Å²) in [6.45, 7) is 6.84. The van der Waals surface area contributed by atoms with Gasteiger partial charge < -0.3 is 9.32 Å². The molecule has 0 atom stereocenters. The summed E-state index contributed by atoms with van der Waals surface area (Å²) in [6, 6.07) is 17.7. The first-order valence-corrected chi connectivity index (χ1v) is 9.00. The Morgan fingerprint density at radius 3 is 2.26 bits per heavy atom. The van der Waals surface area contributed by atoms with Crippen LogP contribution in [0.25, 0.3) is 0 Å². The highest BCUT2D eigenvalue weighted by Crippen LogP contribution is 2.23. The van der Waals surface area contributed by atoms with Crippen LogP contribution in [-0.2, 0) is 18.5 Å². The largest absolute Gasteiger partial charge is 0.467 e. The van der Waals surface area contributed by atoms with E-state index in [9.17, 15) is 9.18 Å². The lowest BCUT2D eigenvalue weighted by molar-refractivity contribution is 0.0716. The Kier molecular flexibility index (Phi) is 5.45. The molecule has 140 valence electrons. The van der Waals surface area contributed by atoms with Crippen molar-refractivity contribution in [3.05, 3.63) is 95.2 Å². The van der Waals surface area contributed by atoms with Gasteiger partial charge in [-0.05, 0) is 41.3 Å². The van der Waals surface area contributed by atoms with E-state index in [1.54, 1.807) is 35.4 Å². The minimum atomic E-state index is -0.321. The van der Waals surface area contributed by atoms with E-state index in [2.05, 4.69) is 20.8 Å². The second kappa shape index (κ2) is 7.78. The van der Waals surface area contributed by atoms with Crippen LogP contribution in [0.5, 0.6) is 0 Å². The molecule has 0 fully saturated rings. The van der Waals surface area contributed by atoms with Crippen molar-refractivity contribution in [3.63, 3.8) is 0 Å². The summed E-state index contributed by atoms with van der Waals surface area (Å²) in [6.07, 6.45) is 1.57. The number of halogens is 1. The van der Waals surface area contributed by atoms with Crippen molar-refractivity contribution in [1.82, 2.24) is 4.90 Å². The number of carbonyl (C=O) groups is 1. The molecule has 1 aromatic heterocycles. The Bertz CT molecular complexity index is 893. The number of hydrogen-bond acceptors (Lipinski definition) is 2. The van der Waals surface area contributed by atoms with E-state index < -0.39 is 0 Å². The molecule has 3 rings (SSSR count). The van der Waals surface area contributed by atoms with Gasteiger partial charge in [0.2, 0.25) is 0 Å². The van der Waals surface area contributed by atoms with Crippen LogP contribution in [-0.4, -0.2) is 10.8 Å². The Labute approximate surface area is 159 Å². The second-order valence-corrected chi connectivity index (χ2v) is 7.66. The molecule has 4 heteroatoms. The van der Waals surface area contributed by atoms with Crippen molar-refractivity contribution in [3.8, 4) is 0 Å². The molecule has 2 aromatic carbocycles. The summed E-state index contributed by atoms with van der Waals surface area (Å²) in [5.74, 6) is 0.180. The molecular formula is C23H24FNO2.